The fourth-order valence-electron chi connectivity index (χ4n) is 2.98. The van der Waals surface area contributed by atoms with E-state index in [-0.39, 0.29) is 6.61 Å². The van der Waals surface area contributed by atoms with Gasteiger partial charge in [0.25, 0.3) is 0 Å². The molecule has 0 fully saturated rings. The molecule has 0 saturated heterocycles. The molecule has 1 aliphatic rings. The number of aromatic amines is 1. The van der Waals surface area contributed by atoms with Gasteiger partial charge in [-0.25, -0.2) is 9.78 Å². The summed E-state index contributed by atoms with van der Waals surface area (Å²) in [5.74, 6) is 0. The normalized spacial score (nSPS) is 16.0. The predicted molar refractivity (Wildman–Crippen MR) is 88.6 cm³/mol. The first kappa shape index (κ1) is 15.1. The number of cyclic esters (lactones) is 1. The Hall–Kier alpha value is -3.44. The lowest BCUT2D eigenvalue weighted by Crippen LogP contribution is -2.25. The number of hydrogen-bond donors (Lipinski definition) is 3. The number of fused-ring (bicyclic) bond motifs is 2. The minimum absolute atomic E-state index is 0.0937. The summed E-state index contributed by atoms with van der Waals surface area (Å²) in [5.41, 5.74) is 3.89. The molecule has 0 aliphatic carbocycles. The van der Waals surface area contributed by atoms with Crippen LogP contribution in [0, 0.1) is 11.3 Å². The quantitative estimate of drug-likeness (QED) is 0.675. The van der Waals surface area contributed by atoms with Gasteiger partial charge >= 0.3 is 6.09 Å². The summed E-state index contributed by atoms with van der Waals surface area (Å²) in [4.78, 5) is 15.6. The maximum Gasteiger partial charge on any atom is 0.412 e. The summed E-state index contributed by atoms with van der Waals surface area (Å²) in [6.07, 6.45) is 0.809. The number of nitrogens with one attached hydrogen (secondary N) is 2. The molecule has 124 valence electrons. The summed E-state index contributed by atoms with van der Waals surface area (Å²) in [7, 11) is 0. The molecule has 8 heteroatoms. The van der Waals surface area contributed by atoms with Crippen molar-refractivity contribution in [3.05, 3.63) is 41.7 Å². The van der Waals surface area contributed by atoms with E-state index < -0.39 is 12.2 Å². The number of nitriles is 1. The van der Waals surface area contributed by atoms with E-state index >= 15 is 0 Å². The topological polar surface area (TPSA) is 124 Å². The number of rotatable bonds is 3. The molecule has 2 aromatic heterocycles. The summed E-state index contributed by atoms with van der Waals surface area (Å²) < 4.78 is 5.27. The van der Waals surface area contributed by atoms with E-state index in [4.69, 9.17) is 10.00 Å². The lowest BCUT2D eigenvalue weighted by molar-refractivity contribution is 0.0873. The summed E-state index contributed by atoms with van der Waals surface area (Å²) in [5, 5.41) is 29.0. The maximum absolute atomic E-state index is 11.7. The molecule has 25 heavy (non-hydrogen) atoms. The average Bonchev–Trinajstić information content (AvgIpc) is 3.03. The molecule has 1 aromatic carbocycles. The van der Waals surface area contributed by atoms with Crippen LogP contribution in [0.25, 0.3) is 22.2 Å². The van der Waals surface area contributed by atoms with Crippen LogP contribution in [0.15, 0.2) is 30.5 Å². The molecule has 1 aliphatic heterocycles. The van der Waals surface area contributed by atoms with Gasteiger partial charge in [-0.3, -0.25) is 10.4 Å². The monoisotopic (exact) mass is 335 g/mol. The third-order valence-electron chi connectivity index (χ3n) is 4.11. The van der Waals surface area contributed by atoms with Crippen LogP contribution in [0.3, 0.4) is 0 Å². The van der Waals surface area contributed by atoms with Crippen molar-refractivity contribution < 1.29 is 14.6 Å². The Morgan fingerprint density at radius 1 is 1.36 bits per heavy atom. The van der Waals surface area contributed by atoms with Crippen LogP contribution in [0.2, 0.25) is 0 Å². The highest BCUT2D eigenvalue weighted by molar-refractivity contribution is 5.98. The Bertz CT molecular complexity index is 1020. The van der Waals surface area contributed by atoms with Crippen molar-refractivity contribution >= 4 is 22.7 Å². The average molecular weight is 335 g/mol. The molecule has 3 aromatic rings. The van der Waals surface area contributed by atoms with Crippen molar-refractivity contribution in [3.8, 4) is 17.3 Å². The van der Waals surface area contributed by atoms with Crippen molar-refractivity contribution in [2.24, 2.45) is 0 Å². The zero-order valence-corrected chi connectivity index (χ0v) is 13.0. The molecule has 0 radical (unpaired) electrons. The molecular weight excluding hydrogens is 322 g/mol. The zero-order chi connectivity index (χ0) is 17.4. The van der Waals surface area contributed by atoms with E-state index in [1.165, 1.54) is 0 Å². The van der Waals surface area contributed by atoms with E-state index in [1.807, 2.05) is 12.1 Å². The highest BCUT2D eigenvalue weighted by Crippen LogP contribution is 2.38. The number of aliphatic hydroxyl groups excluding tert-OH is 1. The van der Waals surface area contributed by atoms with Gasteiger partial charge in [-0.05, 0) is 24.3 Å². The predicted octanol–water partition coefficient (Wildman–Crippen LogP) is 2.48. The SMILES string of the molecule is N#Cc1cc(-c2n[nH]c3cc4c(cc23)C(CCO)OC(=O)N4)ccn1. The third kappa shape index (κ3) is 2.56. The summed E-state index contributed by atoms with van der Waals surface area (Å²) in [6.45, 7) is -0.0937. The summed E-state index contributed by atoms with van der Waals surface area (Å²) >= 11 is 0. The van der Waals surface area contributed by atoms with Gasteiger partial charge in [0.15, 0.2) is 0 Å². The van der Waals surface area contributed by atoms with Crippen LogP contribution in [0.1, 0.15) is 23.8 Å². The first-order valence-electron chi connectivity index (χ1n) is 7.66. The van der Waals surface area contributed by atoms with Crippen LogP contribution >= 0.6 is 0 Å². The Balaban J connectivity index is 1.88. The van der Waals surface area contributed by atoms with Crippen LogP contribution in [-0.2, 0) is 4.74 Å². The van der Waals surface area contributed by atoms with Crippen molar-refractivity contribution in [1.82, 2.24) is 15.2 Å². The number of ether oxygens (including phenoxy) is 1. The second kappa shape index (κ2) is 5.89. The molecule has 3 heterocycles. The van der Waals surface area contributed by atoms with Gasteiger partial charge in [0, 0.05) is 35.7 Å². The van der Waals surface area contributed by atoms with Gasteiger partial charge in [-0.15, -0.1) is 0 Å². The summed E-state index contributed by atoms with van der Waals surface area (Å²) in [6, 6.07) is 9.13. The van der Waals surface area contributed by atoms with Gasteiger partial charge < -0.3 is 9.84 Å². The van der Waals surface area contributed by atoms with Gasteiger partial charge in [0.2, 0.25) is 0 Å². The molecular formula is C17H13N5O3. The van der Waals surface area contributed by atoms with E-state index in [0.29, 0.717) is 23.5 Å². The van der Waals surface area contributed by atoms with Crippen molar-refractivity contribution in [2.45, 2.75) is 12.5 Å². The number of amides is 1. The molecule has 1 atom stereocenters. The van der Waals surface area contributed by atoms with E-state index in [0.717, 1.165) is 22.0 Å². The number of aliphatic hydroxyl groups is 1. The smallest absolute Gasteiger partial charge is 0.412 e. The fourth-order valence-corrected chi connectivity index (χ4v) is 2.98. The number of H-pyrrole nitrogens is 1. The number of carbonyl (C=O) groups is 1. The Morgan fingerprint density at radius 2 is 2.24 bits per heavy atom. The highest BCUT2D eigenvalue weighted by Gasteiger charge is 2.27. The van der Waals surface area contributed by atoms with E-state index in [1.54, 1.807) is 24.4 Å². The molecule has 4 rings (SSSR count). The third-order valence-corrected chi connectivity index (χ3v) is 4.11. The Morgan fingerprint density at radius 3 is 3.04 bits per heavy atom. The van der Waals surface area contributed by atoms with Crippen molar-refractivity contribution in [2.75, 3.05) is 11.9 Å². The number of aromatic nitrogens is 3. The molecule has 0 spiro atoms. The second-order valence-corrected chi connectivity index (χ2v) is 5.63. The number of pyridine rings is 1. The van der Waals surface area contributed by atoms with Crippen molar-refractivity contribution in [3.63, 3.8) is 0 Å². The van der Waals surface area contributed by atoms with Crippen LogP contribution < -0.4 is 5.32 Å². The molecule has 1 unspecified atom stereocenters. The largest absolute Gasteiger partial charge is 0.441 e. The molecule has 0 saturated carbocycles. The fraction of sp³-hybridized carbons (Fsp3) is 0.176. The number of anilines is 1. The van der Waals surface area contributed by atoms with Crippen LogP contribution in [0.5, 0.6) is 0 Å². The van der Waals surface area contributed by atoms with Gasteiger partial charge in [0.1, 0.15) is 23.6 Å². The zero-order valence-electron chi connectivity index (χ0n) is 13.0. The molecule has 3 N–H and O–H groups in total. The van der Waals surface area contributed by atoms with Crippen LogP contribution in [0.4, 0.5) is 10.5 Å². The number of hydrogen-bond acceptors (Lipinski definition) is 6. The van der Waals surface area contributed by atoms with Crippen molar-refractivity contribution in [1.29, 1.82) is 5.26 Å². The van der Waals surface area contributed by atoms with E-state index in [9.17, 15) is 9.90 Å². The Labute approximate surface area is 142 Å². The van der Waals surface area contributed by atoms with Gasteiger partial charge in [0.05, 0.1) is 11.2 Å². The minimum atomic E-state index is -0.544. The van der Waals surface area contributed by atoms with E-state index in [2.05, 4.69) is 20.5 Å². The Kier molecular flexibility index (Phi) is 3.56. The lowest BCUT2D eigenvalue weighted by atomic mass is 9.99. The molecule has 0 bridgehead atoms. The number of nitrogens with zero attached hydrogens (tertiary/aromatic N) is 3. The first-order valence-corrected chi connectivity index (χ1v) is 7.66. The number of benzene rings is 1. The standard InChI is InChI=1S/C17H13N5O3/c18-8-10-5-9(1-3-19-10)16-12-6-11-13(7-14(12)21-22-16)20-17(24)25-15(11)2-4-23/h1,3,5-7,15,23H,2,4H2,(H,20,24)(H,21,22). The first-order chi connectivity index (χ1) is 12.2. The minimum Gasteiger partial charge on any atom is -0.441 e. The van der Waals surface area contributed by atoms with Crippen LogP contribution in [-0.4, -0.2) is 33.0 Å². The van der Waals surface area contributed by atoms with Gasteiger partial charge in [-0.1, -0.05) is 0 Å². The number of carbonyl (C=O) groups excluding carboxylic acids is 1. The van der Waals surface area contributed by atoms with Gasteiger partial charge in [-0.2, -0.15) is 10.4 Å². The highest BCUT2D eigenvalue weighted by atomic mass is 16.6. The maximum atomic E-state index is 11.7. The molecule has 1 amide bonds. The molecule has 8 nitrogen and oxygen atoms in total. The lowest BCUT2D eigenvalue weighted by Gasteiger charge is -2.25. The second-order valence-electron chi connectivity index (χ2n) is 5.63.